The Morgan fingerprint density at radius 3 is 2.94 bits per heavy atom. The molecule has 0 saturated carbocycles. The topological polar surface area (TPSA) is 67.6 Å². The predicted molar refractivity (Wildman–Crippen MR) is 72.4 cm³/mol. The monoisotopic (exact) mass is 257 g/mol. The molecule has 0 aromatic heterocycles. The summed E-state index contributed by atoms with van der Waals surface area (Å²) in [5, 5.41) is 2.95. The van der Waals surface area contributed by atoms with E-state index in [1.165, 1.54) is 12.8 Å². The van der Waals surface area contributed by atoms with Gasteiger partial charge in [-0.2, -0.15) is 0 Å². The molecule has 0 bridgehead atoms. The summed E-state index contributed by atoms with van der Waals surface area (Å²) in [7, 11) is 1.64. The number of rotatable bonds is 6. The number of nitrogens with two attached hydrogens (primary N) is 1. The lowest BCUT2D eigenvalue weighted by molar-refractivity contribution is -0.123. The van der Waals surface area contributed by atoms with Crippen molar-refractivity contribution in [3.8, 4) is 0 Å². The van der Waals surface area contributed by atoms with Gasteiger partial charge in [0, 0.05) is 25.7 Å². The van der Waals surface area contributed by atoms with Gasteiger partial charge in [0.25, 0.3) is 0 Å². The molecule has 5 heteroatoms. The largest absolute Gasteiger partial charge is 0.383 e. The first-order chi connectivity index (χ1) is 8.67. The Balaban J connectivity index is 2.40. The van der Waals surface area contributed by atoms with Gasteiger partial charge in [-0.05, 0) is 26.3 Å². The Bertz CT molecular complexity index is 248. The lowest BCUT2D eigenvalue weighted by atomic mass is 10.1. The van der Waals surface area contributed by atoms with Crippen LogP contribution in [0.2, 0.25) is 0 Å². The maximum Gasteiger partial charge on any atom is 0.234 e. The molecule has 0 spiro atoms. The smallest absolute Gasteiger partial charge is 0.234 e. The number of amides is 1. The molecule has 1 amide bonds. The fraction of sp³-hybridized carbons (Fsp3) is 0.923. The zero-order chi connectivity index (χ0) is 13.4. The van der Waals surface area contributed by atoms with Crippen LogP contribution in [0.1, 0.15) is 32.6 Å². The van der Waals surface area contributed by atoms with Gasteiger partial charge in [0.1, 0.15) is 0 Å². The number of hydrogen-bond acceptors (Lipinski definition) is 4. The third kappa shape index (κ3) is 5.33. The number of nitrogens with zero attached hydrogens (tertiary/aromatic N) is 1. The number of methoxy groups -OCH3 is 1. The molecule has 18 heavy (non-hydrogen) atoms. The Morgan fingerprint density at radius 2 is 2.28 bits per heavy atom. The maximum atomic E-state index is 11.9. The Morgan fingerprint density at radius 1 is 1.50 bits per heavy atom. The van der Waals surface area contributed by atoms with Gasteiger partial charge in [-0.15, -0.1) is 0 Å². The number of carbonyl (C=O) groups is 1. The van der Waals surface area contributed by atoms with Crippen LogP contribution >= 0.6 is 0 Å². The number of ether oxygens (including phenoxy) is 1. The molecule has 0 aliphatic carbocycles. The van der Waals surface area contributed by atoms with E-state index < -0.39 is 0 Å². The van der Waals surface area contributed by atoms with Gasteiger partial charge in [-0.3, -0.25) is 9.69 Å². The van der Waals surface area contributed by atoms with Crippen LogP contribution in [0.4, 0.5) is 0 Å². The Kier molecular flexibility index (Phi) is 7.23. The van der Waals surface area contributed by atoms with E-state index in [-0.39, 0.29) is 11.9 Å². The average Bonchev–Trinajstić information content (AvgIpc) is 2.54. The summed E-state index contributed by atoms with van der Waals surface area (Å²) in [5.74, 6) is 0.0694. The van der Waals surface area contributed by atoms with Crippen molar-refractivity contribution in [1.82, 2.24) is 10.2 Å². The zero-order valence-electron chi connectivity index (χ0n) is 11.7. The van der Waals surface area contributed by atoms with Crippen molar-refractivity contribution in [2.45, 2.75) is 44.7 Å². The van der Waals surface area contributed by atoms with E-state index in [0.29, 0.717) is 25.7 Å². The first kappa shape index (κ1) is 15.4. The first-order valence-corrected chi connectivity index (χ1v) is 6.89. The minimum absolute atomic E-state index is 0.0609. The molecule has 0 aromatic rings. The summed E-state index contributed by atoms with van der Waals surface area (Å²) in [6.07, 6.45) is 4.74. The van der Waals surface area contributed by atoms with Crippen LogP contribution in [0.3, 0.4) is 0 Å². The third-order valence-electron chi connectivity index (χ3n) is 3.44. The second-order valence-corrected chi connectivity index (χ2v) is 5.13. The van der Waals surface area contributed by atoms with Gasteiger partial charge >= 0.3 is 0 Å². The van der Waals surface area contributed by atoms with Gasteiger partial charge in [0.2, 0.25) is 5.91 Å². The SMILES string of the molecule is COCC(C)NC(=O)CN1CCCCCC1CN. The van der Waals surface area contributed by atoms with Crippen LogP contribution in [-0.4, -0.2) is 56.2 Å². The number of carbonyl (C=O) groups excluding carboxylic acids is 1. The minimum Gasteiger partial charge on any atom is -0.383 e. The summed E-state index contributed by atoms with van der Waals surface area (Å²) < 4.78 is 5.01. The molecule has 3 N–H and O–H groups in total. The van der Waals surface area contributed by atoms with Crippen LogP contribution in [0.15, 0.2) is 0 Å². The van der Waals surface area contributed by atoms with Crippen molar-refractivity contribution >= 4 is 5.91 Å². The van der Waals surface area contributed by atoms with E-state index in [9.17, 15) is 4.79 Å². The predicted octanol–water partition coefficient (Wildman–Crippen LogP) is 0.341. The van der Waals surface area contributed by atoms with Crippen molar-refractivity contribution in [3.05, 3.63) is 0 Å². The van der Waals surface area contributed by atoms with Crippen molar-refractivity contribution in [1.29, 1.82) is 0 Å². The molecule has 2 unspecified atom stereocenters. The van der Waals surface area contributed by atoms with Gasteiger partial charge in [-0.1, -0.05) is 12.8 Å². The third-order valence-corrected chi connectivity index (χ3v) is 3.44. The Hall–Kier alpha value is -0.650. The molecular weight excluding hydrogens is 230 g/mol. The lowest BCUT2D eigenvalue weighted by Crippen LogP contribution is -2.48. The fourth-order valence-corrected chi connectivity index (χ4v) is 2.51. The van der Waals surface area contributed by atoms with Crippen molar-refractivity contribution < 1.29 is 9.53 Å². The molecule has 0 aromatic carbocycles. The first-order valence-electron chi connectivity index (χ1n) is 6.89. The van der Waals surface area contributed by atoms with E-state index >= 15 is 0 Å². The Labute approximate surface area is 110 Å². The van der Waals surface area contributed by atoms with Crippen LogP contribution < -0.4 is 11.1 Å². The second-order valence-electron chi connectivity index (χ2n) is 5.13. The molecule has 1 aliphatic rings. The van der Waals surface area contributed by atoms with E-state index in [4.69, 9.17) is 10.5 Å². The zero-order valence-corrected chi connectivity index (χ0v) is 11.7. The van der Waals surface area contributed by atoms with Gasteiger partial charge in [0.15, 0.2) is 0 Å². The standard InChI is InChI=1S/C13H27N3O2/c1-11(10-18-2)15-13(17)9-16-7-5-3-4-6-12(16)8-14/h11-12H,3-10,14H2,1-2H3,(H,15,17). The fourth-order valence-electron chi connectivity index (χ4n) is 2.51. The summed E-state index contributed by atoms with van der Waals surface area (Å²) in [6.45, 7) is 4.57. The average molecular weight is 257 g/mol. The maximum absolute atomic E-state index is 11.9. The highest BCUT2D eigenvalue weighted by Crippen LogP contribution is 2.15. The highest BCUT2D eigenvalue weighted by Gasteiger charge is 2.22. The number of nitrogens with one attached hydrogen (secondary N) is 1. The van der Waals surface area contributed by atoms with E-state index in [1.807, 2.05) is 6.92 Å². The van der Waals surface area contributed by atoms with Gasteiger partial charge < -0.3 is 15.8 Å². The van der Waals surface area contributed by atoms with E-state index in [0.717, 1.165) is 19.4 Å². The van der Waals surface area contributed by atoms with Crippen LogP contribution in [0.5, 0.6) is 0 Å². The normalized spacial score (nSPS) is 23.4. The van der Waals surface area contributed by atoms with Crippen molar-refractivity contribution in [3.63, 3.8) is 0 Å². The number of hydrogen-bond donors (Lipinski definition) is 2. The number of likely N-dealkylation sites (tertiary alicyclic amines) is 1. The second kappa shape index (κ2) is 8.45. The van der Waals surface area contributed by atoms with Crippen molar-refractivity contribution in [2.24, 2.45) is 5.73 Å². The molecule has 1 aliphatic heterocycles. The van der Waals surface area contributed by atoms with E-state index in [1.54, 1.807) is 7.11 Å². The molecule has 2 atom stereocenters. The van der Waals surface area contributed by atoms with E-state index in [2.05, 4.69) is 10.2 Å². The van der Waals surface area contributed by atoms with Crippen LogP contribution in [0.25, 0.3) is 0 Å². The summed E-state index contributed by atoms with van der Waals surface area (Å²) in [4.78, 5) is 14.1. The lowest BCUT2D eigenvalue weighted by Gasteiger charge is -2.28. The molecule has 1 rings (SSSR count). The van der Waals surface area contributed by atoms with Crippen LogP contribution in [-0.2, 0) is 9.53 Å². The molecule has 5 nitrogen and oxygen atoms in total. The molecule has 106 valence electrons. The van der Waals surface area contributed by atoms with Crippen LogP contribution in [0, 0.1) is 0 Å². The molecule has 1 heterocycles. The highest BCUT2D eigenvalue weighted by atomic mass is 16.5. The summed E-state index contributed by atoms with van der Waals surface area (Å²) in [6, 6.07) is 0.418. The molecule has 0 radical (unpaired) electrons. The highest BCUT2D eigenvalue weighted by molar-refractivity contribution is 5.78. The minimum atomic E-state index is 0.0609. The van der Waals surface area contributed by atoms with Gasteiger partial charge in [-0.25, -0.2) is 0 Å². The van der Waals surface area contributed by atoms with Crippen molar-refractivity contribution in [2.75, 3.05) is 33.4 Å². The summed E-state index contributed by atoms with van der Waals surface area (Å²) >= 11 is 0. The molecule has 1 fully saturated rings. The molecular formula is C13H27N3O2. The van der Waals surface area contributed by atoms with Gasteiger partial charge in [0.05, 0.1) is 13.2 Å². The summed E-state index contributed by atoms with van der Waals surface area (Å²) in [5.41, 5.74) is 5.79. The quantitative estimate of drug-likeness (QED) is 0.720. The molecule has 1 saturated heterocycles.